The van der Waals surface area contributed by atoms with E-state index >= 15 is 0 Å². The molecule has 0 saturated carbocycles. The van der Waals surface area contributed by atoms with E-state index in [0.29, 0.717) is 17.0 Å². The highest BCUT2D eigenvalue weighted by Crippen LogP contribution is 2.13. The first kappa shape index (κ1) is 13.9. The molecule has 2 rings (SSSR count). The topological polar surface area (TPSA) is 67.4 Å². The Bertz CT molecular complexity index is 554. The monoisotopic (exact) mass is 272 g/mol. The Hall–Kier alpha value is -2.56. The average Bonchev–Trinajstić information content (AvgIpc) is 3.02. The summed E-state index contributed by atoms with van der Waals surface area (Å²) in [5.74, 6) is -0.0105. The van der Waals surface area contributed by atoms with Gasteiger partial charge in [-0.05, 0) is 6.08 Å². The van der Waals surface area contributed by atoms with Gasteiger partial charge in [0.2, 0.25) is 0 Å². The Morgan fingerprint density at radius 2 is 1.75 bits per heavy atom. The van der Waals surface area contributed by atoms with Crippen LogP contribution in [0.25, 0.3) is 0 Å². The van der Waals surface area contributed by atoms with Crippen LogP contribution in [-0.4, -0.2) is 32.0 Å². The fourth-order valence-electron chi connectivity index (χ4n) is 1.86. The van der Waals surface area contributed by atoms with E-state index < -0.39 is 5.97 Å². The summed E-state index contributed by atoms with van der Waals surface area (Å²) in [7, 11) is 1.30. The second-order valence-electron chi connectivity index (χ2n) is 4.19. The first-order valence-electron chi connectivity index (χ1n) is 6.30. The fraction of sp³-hybridized carbons (Fsp3) is 0.200. The minimum atomic E-state index is -0.498. The molecule has 5 nitrogen and oxygen atoms in total. The van der Waals surface area contributed by atoms with Crippen LogP contribution in [0.5, 0.6) is 0 Å². The normalized spacial score (nSPS) is 13.8. The Morgan fingerprint density at radius 1 is 1.10 bits per heavy atom. The molecule has 0 spiro atoms. The molecule has 20 heavy (non-hydrogen) atoms. The van der Waals surface area contributed by atoms with E-state index in [2.05, 4.69) is 15.4 Å². The SMILES string of the molecule is COC(=O)/C=C/C(C(=O)c1ccccc1)=C1NCCN1. The quantitative estimate of drug-likeness (QED) is 0.486. The van der Waals surface area contributed by atoms with Gasteiger partial charge in [-0.2, -0.15) is 0 Å². The highest BCUT2D eigenvalue weighted by atomic mass is 16.5. The van der Waals surface area contributed by atoms with E-state index in [1.807, 2.05) is 6.07 Å². The van der Waals surface area contributed by atoms with Gasteiger partial charge in [-0.15, -0.1) is 0 Å². The van der Waals surface area contributed by atoms with E-state index in [4.69, 9.17) is 0 Å². The van der Waals surface area contributed by atoms with E-state index in [1.54, 1.807) is 24.3 Å². The summed E-state index contributed by atoms with van der Waals surface area (Å²) in [6.45, 7) is 1.49. The number of methoxy groups -OCH3 is 1. The summed E-state index contributed by atoms with van der Waals surface area (Å²) >= 11 is 0. The third-order valence-corrected chi connectivity index (χ3v) is 2.87. The Balaban J connectivity index is 2.33. The van der Waals surface area contributed by atoms with Crippen molar-refractivity contribution in [2.75, 3.05) is 20.2 Å². The van der Waals surface area contributed by atoms with Crippen molar-refractivity contribution >= 4 is 11.8 Å². The fourth-order valence-corrected chi connectivity index (χ4v) is 1.86. The number of hydrogen-bond donors (Lipinski definition) is 2. The highest BCUT2D eigenvalue weighted by molar-refractivity contribution is 6.11. The summed E-state index contributed by atoms with van der Waals surface area (Å²) in [4.78, 5) is 23.7. The third-order valence-electron chi connectivity index (χ3n) is 2.87. The molecule has 0 unspecified atom stereocenters. The predicted octanol–water partition coefficient (Wildman–Crippen LogP) is 1.00. The molecule has 1 heterocycles. The van der Waals surface area contributed by atoms with Crippen LogP contribution >= 0.6 is 0 Å². The molecular weight excluding hydrogens is 256 g/mol. The van der Waals surface area contributed by atoms with E-state index in [1.165, 1.54) is 19.3 Å². The number of ketones is 1. The first-order chi connectivity index (χ1) is 9.72. The lowest BCUT2D eigenvalue weighted by molar-refractivity contribution is -0.134. The zero-order valence-electron chi connectivity index (χ0n) is 11.2. The summed E-state index contributed by atoms with van der Waals surface area (Å²) in [5, 5.41) is 6.19. The third kappa shape index (κ3) is 3.26. The summed E-state index contributed by atoms with van der Waals surface area (Å²) in [6, 6.07) is 8.93. The Morgan fingerprint density at radius 3 is 2.35 bits per heavy atom. The van der Waals surface area contributed by atoms with Crippen molar-refractivity contribution in [2.45, 2.75) is 0 Å². The minimum absolute atomic E-state index is 0.150. The molecule has 0 amide bonds. The second kappa shape index (κ2) is 6.56. The van der Waals surface area contributed by atoms with Crippen molar-refractivity contribution < 1.29 is 14.3 Å². The average molecular weight is 272 g/mol. The maximum Gasteiger partial charge on any atom is 0.330 e. The molecule has 1 saturated heterocycles. The van der Waals surface area contributed by atoms with Gasteiger partial charge in [0.1, 0.15) is 5.82 Å². The van der Waals surface area contributed by atoms with Crippen molar-refractivity contribution in [3.05, 3.63) is 59.4 Å². The van der Waals surface area contributed by atoms with Crippen molar-refractivity contribution in [1.29, 1.82) is 0 Å². The van der Waals surface area contributed by atoms with Gasteiger partial charge >= 0.3 is 5.97 Å². The lowest BCUT2D eigenvalue weighted by atomic mass is 10.0. The molecule has 0 bridgehead atoms. The largest absolute Gasteiger partial charge is 0.466 e. The summed E-state index contributed by atoms with van der Waals surface area (Å²) in [5.41, 5.74) is 0.985. The molecule has 1 fully saturated rings. The number of allylic oxidation sites excluding steroid dienone is 2. The van der Waals surface area contributed by atoms with Crippen LogP contribution in [-0.2, 0) is 9.53 Å². The number of esters is 1. The number of hydrogen-bond acceptors (Lipinski definition) is 5. The summed E-state index contributed by atoms with van der Waals surface area (Å²) in [6.07, 6.45) is 2.71. The van der Waals surface area contributed by atoms with E-state index in [0.717, 1.165) is 13.1 Å². The minimum Gasteiger partial charge on any atom is -0.466 e. The zero-order valence-corrected chi connectivity index (χ0v) is 11.2. The van der Waals surface area contributed by atoms with Crippen molar-refractivity contribution in [3.8, 4) is 0 Å². The summed E-state index contributed by atoms with van der Waals surface area (Å²) < 4.78 is 4.55. The number of nitrogens with one attached hydrogen (secondary N) is 2. The number of benzene rings is 1. The molecule has 104 valence electrons. The van der Waals surface area contributed by atoms with Crippen molar-refractivity contribution in [2.24, 2.45) is 0 Å². The van der Waals surface area contributed by atoms with Gasteiger partial charge in [0, 0.05) is 24.7 Å². The van der Waals surface area contributed by atoms with Gasteiger partial charge in [-0.1, -0.05) is 30.3 Å². The first-order valence-corrected chi connectivity index (χ1v) is 6.30. The van der Waals surface area contributed by atoms with Crippen LogP contribution in [0.1, 0.15) is 10.4 Å². The van der Waals surface area contributed by atoms with Crippen LogP contribution in [0.4, 0.5) is 0 Å². The molecule has 0 aliphatic carbocycles. The molecule has 1 aliphatic rings. The van der Waals surface area contributed by atoms with Crippen molar-refractivity contribution in [1.82, 2.24) is 10.6 Å². The molecule has 0 radical (unpaired) electrons. The maximum absolute atomic E-state index is 12.5. The molecule has 1 aromatic carbocycles. The van der Waals surface area contributed by atoms with Gasteiger partial charge in [-0.25, -0.2) is 4.79 Å². The van der Waals surface area contributed by atoms with Crippen LogP contribution in [0, 0.1) is 0 Å². The number of Topliss-reactive ketones (excluding diaryl/α,β-unsaturated/α-hetero) is 1. The lowest BCUT2D eigenvalue weighted by Gasteiger charge is -2.07. The van der Waals surface area contributed by atoms with Gasteiger partial charge in [0.25, 0.3) is 0 Å². The van der Waals surface area contributed by atoms with Crippen molar-refractivity contribution in [3.63, 3.8) is 0 Å². The van der Waals surface area contributed by atoms with E-state index in [-0.39, 0.29) is 5.78 Å². The number of ether oxygens (including phenoxy) is 1. The molecule has 0 atom stereocenters. The van der Waals surface area contributed by atoms with Gasteiger partial charge in [0.05, 0.1) is 12.7 Å². The number of rotatable bonds is 4. The zero-order chi connectivity index (χ0) is 14.4. The van der Waals surface area contributed by atoms with Crippen LogP contribution in [0.2, 0.25) is 0 Å². The van der Waals surface area contributed by atoms with Gasteiger partial charge in [0.15, 0.2) is 5.78 Å². The smallest absolute Gasteiger partial charge is 0.330 e. The molecular formula is C15H16N2O3. The van der Waals surface area contributed by atoms with Crippen LogP contribution in [0.15, 0.2) is 53.9 Å². The van der Waals surface area contributed by atoms with E-state index in [9.17, 15) is 9.59 Å². The lowest BCUT2D eigenvalue weighted by Crippen LogP contribution is -2.18. The molecule has 5 heteroatoms. The predicted molar refractivity (Wildman–Crippen MR) is 75.0 cm³/mol. The molecule has 1 aliphatic heterocycles. The number of carbonyl (C=O) groups excluding carboxylic acids is 2. The Kier molecular flexibility index (Phi) is 4.55. The second-order valence-corrected chi connectivity index (χ2v) is 4.19. The molecule has 0 aromatic heterocycles. The maximum atomic E-state index is 12.5. The van der Waals surface area contributed by atoms with Gasteiger partial charge in [-0.3, -0.25) is 4.79 Å². The van der Waals surface area contributed by atoms with Crippen LogP contribution in [0.3, 0.4) is 0 Å². The highest BCUT2D eigenvalue weighted by Gasteiger charge is 2.17. The number of carbonyl (C=O) groups is 2. The van der Waals surface area contributed by atoms with Crippen LogP contribution < -0.4 is 10.6 Å². The molecule has 1 aromatic rings. The standard InChI is InChI=1S/C15H16N2O3/c1-20-13(18)8-7-12(15-16-9-10-17-15)14(19)11-5-3-2-4-6-11/h2-8,16-17H,9-10H2,1H3/b8-7+. The van der Waals surface area contributed by atoms with Gasteiger partial charge < -0.3 is 15.4 Å². The molecule has 2 N–H and O–H groups in total. The Labute approximate surface area is 117 Å².